The molecular weight excluding hydrogens is 725 g/mol. The van der Waals surface area contributed by atoms with E-state index in [0.717, 1.165) is 97.5 Å². The molecule has 13 aromatic rings. The van der Waals surface area contributed by atoms with E-state index in [2.05, 4.69) is 143 Å². The predicted molar refractivity (Wildman–Crippen MR) is 246 cm³/mol. The fourth-order valence-electron chi connectivity index (χ4n) is 9.26. The summed E-state index contributed by atoms with van der Waals surface area (Å²) < 4.78 is 55.2. The summed E-state index contributed by atoms with van der Waals surface area (Å²) in [5.74, 6) is 0. The molecule has 0 aliphatic heterocycles. The molecule has 0 fully saturated rings. The van der Waals surface area contributed by atoms with E-state index >= 15 is 0 Å². The molecule has 4 aromatic heterocycles. The number of hydrogen-bond acceptors (Lipinski definition) is 2. The first-order valence-corrected chi connectivity index (χ1v) is 20.2. The Kier molecular flexibility index (Phi) is 5.66. The van der Waals surface area contributed by atoms with Gasteiger partial charge in [0, 0.05) is 63.9 Å². The summed E-state index contributed by atoms with van der Waals surface area (Å²) in [5.41, 5.74) is 11.5. The van der Waals surface area contributed by atoms with Crippen LogP contribution in [-0.4, -0.2) is 9.13 Å². The van der Waals surface area contributed by atoms with Crippen LogP contribution in [0.2, 0.25) is 0 Å². The molecule has 0 unspecified atom stereocenters. The normalized spacial score (nSPS) is 13.3. The average Bonchev–Trinajstić information content (AvgIpc) is 4.07. The molecule has 0 atom stereocenters. The second kappa shape index (κ2) is 12.1. The van der Waals surface area contributed by atoms with Crippen LogP contribution in [0.1, 0.15) is 6.85 Å². The van der Waals surface area contributed by atoms with Crippen molar-refractivity contribution in [1.82, 2.24) is 9.13 Å². The third-order valence-electron chi connectivity index (χ3n) is 11.8. The second-order valence-electron chi connectivity index (χ2n) is 14.9. The minimum absolute atomic E-state index is 0.196. The summed E-state index contributed by atoms with van der Waals surface area (Å²) in [7, 11) is 0. The fourth-order valence-corrected chi connectivity index (χ4v) is 10.4. The summed E-state index contributed by atoms with van der Waals surface area (Å²) in [4.78, 5) is 0. The van der Waals surface area contributed by atoms with Crippen LogP contribution in [0.15, 0.2) is 198 Å². The van der Waals surface area contributed by atoms with Gasteiger partial charge in [0.2, 0.25) is 0 Å². The standard InChI is InChI=1S/C54H32N2OS/c1-2-11-33(12-3-1)38-16-10-20-52-54(38)42-25-23-37(32-53(42)58-52)56-47-18-8-5-14-40(47)44-30-35(22-27-49(44)56)34-21-26-48-43(29-34)39-13-4-7-17-46(39)55(48)36-24-28-51-45(31-36)41-15-6-9-19-50(41)57-51/h1-32H/i1D,2D,3D,11D,12D. The van der Waals surface area contributed by atoms with Crippen LogP contribution in [0.5, 0.6) is 0 Å². The highest BCUT2D eigenvalue weighted by atomic mass is 32.1. The van der Waals surface area contributed by atoms with Crippen molar-refractivity contribution in [3.05, 3.63) is 194 Å². The van der Waals surface area contributed by atoms with Gasteiger partial charge in [-0.3, -0.25) is 0 Å². The average molecular weight is 762 g/mol. The Morgan fingerprint density at radius 3 is 1.72 bits per heavy atom. The monoisotopic (exact) mass is 761 g/mol. The van der Waals surface area contributed by atoms with E-state index in [4.69, 9.17) is 11.3 Å². The van der Waals surface area contributed by atoms with Crippen molar-refractivity contribution in [2.75, 3.05) is 0 Å². The summed E-state index contributed by atoms with van der Waals surface area (Å²) in [6, 6.07) is 56.2. The summed E-state index contributed by atoms with van der Waals surface area (Å²) in [5, 5.41) is 8.79. The second-order valence-corrected chi connectivity index (χ2v) is 16.0. The first kappa shape index (κ1) is 27.2. The smallest absolute Gasteiger partial charge is 0.135 e. The van der Waals surface area contributed by atoms with Crippen LogP contribution >= 0.6 is 11.3 Å². The van der Waals surface area contributed by atoms with Gasteiger partial charge in [-0.1, -0.05) is 115 Å². The topological polar surface area (TPSA) is 23.0 Å². The van der Waals surface area contributed by atoms with Gasteiger partial charge in [-0.2, -0.15) is 0 Å². The zero-order valence-electron chi connectivity index (χ0n) is 35.8. The Hall–Kier alpha value is -7.40. The zero-order valence-corrected chi connectivity index (χ0v) is 31.6. The van der Waals surface area contributed by atoms with Crippen LogP contribution in [0.3, 0.4) is 0 Å². The van der Waals surface area contributed by atoms with E-state index in [1.165, 1.54) is 10.8 Å². The summed E-state index contributed by atoms with van der Waals surface area (Å²) >= 11 is 1.65. The third-order valence-corrected chi connectivity index (χ3v) is 12.9. The maximum Gasteiger partial charge on any atom is 0.135 e. The molecule has 9 aromatic carbocycles. The Bertz CT molecular complexity index is 4090. The molecule has 4 heteroatoms. The largest absolute Gasteiger partial charge is 0.456 e. The van der Waals surface area contributed by atoms with Crippen LogP contribution in [0.25, 0.3) is 119 Å². The van der Waals surface area contributed by atoms with E-state index in [0.29, 0.717) is 5.56 Å². The highest BCUT2D eigenvalue weighted by Crippen LogP contribution is 2.43. The molecule has 0 bridgehead atoms. The van der Waals surface area contributed by atoms with Crippen LogP contribution in [0, 0.1) is 0 Å². The minimum Gasteiger partial charge on any atom is -0.456 e. The summed E-state index contributed by atoms with van der Waals surface area (Å²) in [6.07, 6.45) is 0. The fraction of sp³-hybridized carbons (Fsp3) is 0. The van der Waals surface area contributed by atoms with E-state index in [1.807, 2.05) is 30.3 Å². The maximum absolute atomic E-state index is 8.72. The lowest BCUT2D eigenvalue weighted by Crippen LogP contribution is -1.93. The minimum atomic E-state index is -0.390. The Morgan fingerprint density at radius 1 is 0.397 bits per heavy atom. The quantitative estimate of drug-likeness (QED) is 0.175. The van der Waals surface area contributed by atoms with Gasteiger partial charge in [0.25, 0.3) is 0 Å². The number of nitrogens with zero attached hydrogens (tertiary/aromatic N) is 2. The molecule has 4 heterocycles. The van der Waals surface area contributed by atoms with Gasteiger partial charge in [-0.05, 0) is 101 Å². The van der Waals surface area contributed by atoms with Crippen molar-refractivity contribution in [3.8, 4) is 33.6 Å². The lowest BCUT2D eigenvalue weighted by Gasteiger charge is -2.10. The van der Waals surface area contributed by atoms with Gasteiger partial charge in [0.05, 0.1) is 28.9 Å². The van der Waals surface area contributed by atoms with Gasteiger partial charge in [0.15, 0.2) is 0 Å². The van der Waals surface area contributed by atoms with E-state index in [-0.39, 0.29) is 29.7 Å². The molecule has 13 rings (SSSR count). The lowest BCUT2D eigenvalue weighted by molar-refractivity contribution is 0.669. The Labute approximate surface area is 343 Å². The predicted octanol–water partition coefficient (Wildman–Crippen LogP) is 15.5. The third kappa shape index (κ3) is 4.55. The first-order valence-electron chi connectivity index (χ1n) is 21.8. The van der Waals surface area contributed by atoms with E-state index in [9.17, 15) is 0 Å². The maximum atomic E-state index is 8.72. The molecule has 270 valence electrons. The van der Waals surface area contributed by atoms with Crippen LogP contribution in [-0.2, 0) is 0 Å². The lowest BCUT2D eigenvalue weighted by atomic mass is 9.99. The van der Waals surface area contributed by atoms with Crippen molar-refractivity contribution < 1.29 is 11.3 Å². The van der Waals surface area contributed by atoms with Gasteiger partial charge in [-0.25, -0.2) is 0 Å². The highest BCUT2D eigenvalue weighted by Gasteiger charge is 2.18. The molecule has 0 radical (unpaired) electrons. The van der Waals surface area contributed by atoms with E-state index in [1.54, 1.807) is 11.3 Å². The molecule has 0 saturated carbocycles. The van der Waals surface area contributed by atoms with Crippen molar-refractivity contribution in [1.29, 1.82) is 0 Å². The number of rotatable bonds is 4. The molecular formula is C54H32N2OS. The highest BCUT2D eigenvalue weighted by molar-refractivity contribution is 7.26. The molecule has 0 spiro atoms. The number of benzene rings is 9. The summed E-state index contributed by atoms with van der Waals surface area (Å²) in [6.45, 7) is 0. The Balaban J connectivity index is 0.946. The van der Waals surface area contributed by atoms with Crippen LogP contribution < -0.4 is 0 Å². The number of fused-ring (bicyclic) bond motifs is 12. The molecule has 58 heavy (non-hydrogen) atoms. The molecule has 0 saturated heterocycles. The van der Waals surface area contributed by atoms with Crippen molar-refractivity contribution >= 4 is 97.1 Å². The molecule has 0 N–H and O–H groups in total. The SMILES string of the molecule is [2H]c1c([2H])c([2H])c(-c2cccc3sc4cc(-n5c6ccccc6c6cc(-c7ccc8c(c7)c7ccccc7n8-c7ccc8oc9ccccc9c8c7)ccc65)ccc4c23)c([2H])c1[2H]. The Morgan fingerprint density at radius 2 is 1.00 bits per heavy atom. The molecule has 0 aliphatic carbocycles. The van der Waals surface area contributed by atoms with Crippen molar-refractivity contribution in [2.24, 2.45) is 0 Å². The van der Waals surface area contributed by atoms with Crippen molar-refractivity contribution in [2.45, 2.75) is 0 Å². The zero-order chi connectivity index (χ0) is 42.2. The van der Waals surface area contributed by atoms with Gasteiger partial charge in [0.1, 0.15) is 11.2 Å². The van der Waals surface area contributed by atoms with Gasteiger partial charge < -0.3 is 13.6 Å². The number of furan rings is 1. The van der Waals surface area contributed by atoms with Gasteiger partial charge >= 0.3 is 0 Å². The first-order chi connectivity index (χ1) is 30.8. The van der Waals surface area contributed by atoms with Gasteiger partial charge in [-0.15, -0.1) is 11.3 Å². The number of thiophene rings is 1. The number of aromatic nitrogens is 2. The molecule has 0 amide bonds. The molecule has 0 aliphatic rings. The number of hydrogen-bond donors (Lipinski definition) is 0. The number of para-hydroxylation sites is 3. The van der Waals surface area contributed by atoms with E-state index < -0.39 is 6.04 Å². The van der Waals surface area contributed by atoms with Crippen LogP contribution in [0.4, 0.5) is 0 Å². The van der Waals surface area contributed by atoms with Crippen molar-refractivity contribution in [3.63, 3.8) is 0 Å². The molecule has 3 nitrogen and oxygen atoms in total.